The van der Waals surface area contributed by atoms with E-state index >= 15 is 0 Å². The molecule has 26 heavy (non-hydrogen) atoms. The third-order valence-corrected chi connectivity index (χ3v) is 6.56. The Morgan fingerprint density at radius 2 is 2.19 bits per heavy atom. The van der Waals surface area contributed by atoms with Crippen molar-refractivity contribution in [1.82, 2.24) is 9.47 Å². The molecule has 5 rings (SSSR count). The molecule has 0 aliphatic carbocycles. The molecule has 2 fully saturated rings. The first-order valence-corrected chi connectivity index (χ1v) is 9.88. The first-order valence-electron chi connectivity index (χ1n) is 9.88. The zero-order chi connectivity index (χ0) is 17.7. The van der Waals surface area contributed by atoms with Gasteiger partial charge < -0.3 is 14.2 Å². The fourth-order valence-electron chi connectivity index (χ4n) is 5.53. The Hall–Kier alpha value is -2.07. The van der Waals surface area contributed by atoms with E-state index in [-0.39, 0.29) is 5.60 Å². The van der Waals surface area contributed by atoms with Gasteiger partial charge in [0.05, 0.1) is 12.3 Å². The molecule has 1 amide bonds. The van der Waals surface area contributed by atoms with Gasteiger partial charge >= 0.3 is 0 Å². The fourth-order valence-corrected chi connectivity index (χ4v) is 5.53. The predicted molar refractivity (Wildman–Crippen MR) is 102 cm³/mol. The van der Waals surface area contributed by atoms with Gasteiger partial charge in [-0.1, -0.05) is 24.3 Å². The Morgan fingerprint density at radius 3 is 3.08 bits per heavy atom. The molecule has 0 radical (unpaired) electrons. The van der Waals surface area contributed by atoms with Crippen LogP contribution in [0.1, 0.15) is 43.4 Å². The highest BCUT2D eigenvalue weighted by Gasteiger charge is 2.48. The number of amides is 1. The number of hydrogen-bond donors (Lipinski definition) is 0. The van der Waals surface area contributed by atoms with Gasteiger partial charge in [0.15, 0.2) is 0 Å². The molecule has 4 nitrogen and oxygen atoms in total. The van der Waals surface area contributed by atoms with Gasteiger partial charge in [-0.25, -0.2) is 0 Å². The summed E-state index contributed by atoms with van der Waals surface area (Å²) in [5.41, 5.74) is 3.82. The second kappa shape index (κ2) is 5.98. The van der Waals surface area contributed by atoms with E-state index in [0.29, 0.717) is 18.4 Å². The molecule has 1 aromatic carbocycles. The molecule has 2 saturated heterocycles. The normalized spacial score (nSPS) is 28.2. The summed E-state index contributed by atoms with van der Waals surface area (Å²) in [5, 5.41) is 1.36. The van der Waals surface area contributed by atoms with Gasteiger partial charge in [-0.3, -0.25) is 4.79 Å². The number of aromatic nitrogens is 1. The van der Waals surface area contributed by atoms with Crippen molar-refractivity contribution in [2.45, 2.75) is 56.7 Å². The molecule has 136 valence electrons. The number of para-hydroxylation sites is 1. The third-order valence-electron chi connectivity index (χ3n) is 6.56. The molecule has 0 N–H and O–H groups in total. The largest absolute Gasteiger partial charge is 0.368 e. The molecule has 2 aromatic rings. The average molecular weight is 350 g/mol. The highest BCUT2D eigenvalue weighted by molar-refractivity contribution is 5.86. The number of carbonyl (C=O) groups is 1. The summed E-state index contributed by atoms with van der Waals surface area (Å²) < 4.78 is 8.95. The highest BCUT2D eigenvalue weighted by Crippen LogP contribution is 2.48. The van der Waals surface area contributed by atoms with Gasteiger partial charge in [0.2, 0.25) is 5.91 Å². The van der Waals surface area contributed by atoms with Crippen LogP contribution in [0.4, 0.5) is 0 Å². The zero-order valence-corrected chi connectivity index (χ0v) is 15.2. The molecule has 1 spiro atoms. The van der Waals surface area contributed by atoms with Crippen LogP contribution in [0.15, 0.2) is 36.9 Å². The van der Waals surface area contributed by atoms with Crippen molar-refractivity contribution in [3.63, 3.8) is 0 Å². The summed E-state index contributed by atoms with van der Waals surface area (Å²) >= 11 is 0. The lowest BCUT2D eigenvalue weighted by Gasteiger charge is -2.50. The number of benzene rings is 1. The Balaban J connectivity index is 1.66. The number of piperidine rings is 2. The summed E-state index contributed by atoms with van der Waals surface area (Å²) in [4.78, 5) is 14.4. The Kier molecular flexibility index (Phi) is 3.71. The molecule has 2 unspecified atom stereocenters. The van der Waals surface area contributed by atoms with Crippen molar-refractivity contribution >= 4 is 16.8 Å². The van der Waals surface area contributed by atoms with Gasteiger partial charge in [-0.15, -0.1) is 6.58 Å². The molecule has 4 heteroatoms. The minimum Gasteiger partial charge on any atom is -0.368 e. The van der Waals surface area contributed by atoms with E-state index in [2.05, 4.69) is 40.3 Å². The van der Waals surface area contributed by atoms with E-state index in [1.54, 1.807) is 0 Å². The maximum atomic E-state index is 12.3. The number of fused-ring (bicyclic) bond motifs is 5. The smallest absolute Gasteiger partial charge is 0.222 e. The van der Waals surface area contributed by atoms with E-state index in [1.807, 2.05) is 6.08 Å². The van der Waals surface area contributed by atoms with Crippen molar-refractivity contribution in [1.29, 1.82) is 0 Å². The summed E-state index contributed by atoms with van der Waals surface area (Å²) in [6, 6.07) is 9.02. The highest BCUT2D eigenvalue weighted by atomic mass is 16.5. The lowest BCUT2D eigenvalue weighted by molar-refractivity contribution is -0.153. The van der Waals surface area contributed by atoms with E-state index in [1.165, 1.54) is 22.2 Å². The van der Waals surface area contributed by atoms with Crippen LogP contribution in [0.5, 0.6) is 0 Å². The monoisotopic (exact) mass is 350 g/mol. The van der Waals surface area contributed by atoms with Crippen LogP contribution in [-0.4, -0.2) is 34.6 Å². The molecule has 3 aliphatic heterocycles. The molecule has 0 saturated carbocycles. The SMILES string of the molecule is C=CCn1c2c(c3ccccc31)CCOC21CCN2C(=O)CCCC2C1. The zero-order valence-electron chi connectivity index (χ0n) is 15.2. The molecule has 4 heterocycles. The van der Waals surface area contributed by atoms with Gasteiger partial charge in [0.25, 0.3) is 0 Å². The van der Waals surface area contributed by atoms with Gasteiger partial charge in [0.1, 0.15) is 5.60 Å². The quantitative estimate of drug-likeness (QED) is 0.773. The van der Waals surface area contributed by atoms with E-state index in [9.17, 15) is 4.79 Å². The van der Waals surface area contributed by atoms with Crippen LogP contribution in [0.3, 0.4) is 0 Å². The molecule has 2 atom stereocenters. The Labute approximate surface area is 154 Å². The van der Waals surface area contributed by atoms with E-state index in [4.69, 9.17) is 4.74 Å². The number of allylic oxidation sites excluding steroid dienone is 1. The van der Waals surface area contributed by atoms with Crippen LogP contribution >= 0.6 is 0 Å². The van der Waals surface area contributed by atoms with Gasteiger partial charge in [-0.05, 0) is 37.3 Å². The van der Waals surface area contributed by atoms with E-state index in [0.717, 1.165) is 51.8 Å². The van der Waals surface area contributed by atoms with Crippen molar-refractivity contribution in [3.05, 3.63) is 48.2 Å². The maximum Gasteiger partial charge on any atom is 0.222 e. The standard InChI is InChI=1S/C22H26N2O2/c1-2-12-24-19-8-4-3-7-17(19)18-10-14-26-22(21(18)24)11-13-23-16(15-22)6-5-9-20(23)25/h2-4,7-8,16H,1,5-6,9-15H2. The topological polar surface area (TPSA) is 34.5 Å². The molecule has 3 aliphatic rings. The minimum absolute atomic E-state index is 0.256. The van der Waals surface area contributed by atoms with E-state index < -0.39 is 0 Å². The number of ether oxygens (including phenoxy) is 1. The second-order valence-corrected chi connectivity index (χ2v) is 7.92. The third kappa shape index (κ3) is 2.21. The van der Waals surface area contributed by atoms with Gasteiger partial charge in [0, 0.05) is 42.9 Å². The molecular formula is C22H26N2O2. The van der Waals surface area contributed by atoms with Crippen molar-refractivity contribution in [2.24, 2.45) is 0 Å². The summed E-state index contributed by atoms with van der Waals surface area (Å²) in [7, 11) is 0. The fraction of sp³-hybridized carbons (Fsp3) is 0.500. The number of rotatable bonds is 2. The van der Waals surface area contributed by atoms with Crippen molar-refractivity contribution in [2.75, 3.05) is 13.2 Å². The van der Waals surface area contributed by atoms with Gasteiger partial charge in [-0.2, -0.15) is 0 Å². The lowest BCUT2D eigenvalue weighted by Crippen LogP contribution is -2.55. The summed E-state index contributed by atoms with van der Waals surface area (Å²) in [6.07, 6.45) is 7.61. The number of hydrogen-bond acceptors (Lipinski definition) is 2. The first kappa shape index (κ1) is 16.1. The van der Waals surface area contributed by atoms with Crippen molar-refractivity contribution in [3.8, 4) is 0 Å². The molecule has 1 aromatic heterocycles. The Morgan fingerprint density at radius 1 is 1.31 bits per heavy atom. The number of nitrogens with zero attached hydrogens (tertiary/aromatic N) is 2. The summed E-state index contributed by atoms with van der Waals surface area (Å²) in [5.74, 6) is 0.332. The predicted octanol–water partition coefficient (Wildman–Crippen LogP) is 3.77. The van der Waals surface area contributed by atoms with Crippen LogP contribution in [-0.2, 0) is 28.1 Å². The molecular weight excluding hydrogens is 324 g/mol. The molecule has 0 bridgehead atoms. The maximum absolute atomic E-state index is 12.3. The lowest BCUT2D eigenvalue weighted by atomic mass is 9.77. The van der Waals surface area contributed by atoms with Crippen LogP contribution < -0.4 is 0 Å². The number of carbonyl (C=O) groups excluding carboxylic acids is 1. The van der Waals surface area contributed by atoms with Crippen LogP contribution in [0.2, 0.25) is 0 Å². The Bertz CT molecular complexity index is 884. The minimum atomic E-state index is -0.256. The van der Waals surface area contributed by atoms with Crippen molar-refractivity contribution < 1.29 is 9.53 Å². The van der Waals surface area contributed by atoms with Crippen LogP contribution in [0.25, 0.3) is 10.9 Å². The first-order chi connectivity index (χ1) is 12.7. The second-order valence-electron chi connectivity index (χ2n) is 7.92. The summed E-state index contributed by atoms with van der Waals surface area (Å²) in [6.45, 7) is 6.38. The van der Waals surface area contributed by atoms with Crippen LogP contribution in [0, 0.1) is 0 Å². The average Bonchev–Trinajstić information content (AvgIpc) is 2.98.